The Labute approximate surface area is 594 Å². The van der Waals surface area contributed by atoms with Gasteiger partial charge >= 0.3 is 0 Å². The van der Waals surface area contributed by atoms with Crippen LogP contribution >= 0.6 is 0 Å². The van der Waals surface area contributed by atoms with Gasteiger partial charge in [-0.25, -0.2) is 9.36 Å². The quantitative estimate of drug-likeness (QED) is 0.0573. The highest BCUT2D eigenvalue weighted by atomic mass is 16.5. The van der Waals surface area contributed by atoms with Gasteiger partial charge in [-0.2, -0.15) is 0 Å². The first-order valence-corrected chi connectivity index (χ1v) is 38.7. The van der Waals surface area contributed by atoms with E-state index in [0.29, 0.717) is 48.9 Å². The summed E-state index contributed by atoms with van der Waals surface area (Å²) in [4.78, 5) is 44.9. The maximum absolute atomic E-state index is 11.3. The van der Waals surface area contributed by atoms with Crippen molar-refractivity contribution in [2.24, 2.45) is 82.9 Å². The van der Waals surface area contributed by atoms with Crippen LogP contribution in [0, 0.1) is 82.9 Å². The number of hydrogen-bond acceptors (Lipinski definition) is 13. The summed E-state index contributed by atoms with van der Waals surface area (Å²) >= 11 is 0. The first-order valence-electron chi connectivity index (χ1n) is 38.7. The highest BCUT2D eigenvalue weighted by Gasteiger charge is 2.11. The summed E-state index contributed by atoms with van der Waals surface area (Å²) in [7, 11) is 0. The van der Waals surface area contributed by atoms with Gasteiger partial charge in [-0.05, 0) is 143 Å². The number of aryl methyl sites for hydroxylation is 2. The molecule has 0 saturated heterocycles. The van der Waals surface area contributed by atoms with Crippen LogP contribution in [-0.2, 0) is 68.8 Å². The molecule has 15 heteroatoms. The van der Waals surface area contributed by atoms with Crippen LogP contribution in [0.15, 0.2) is 12.4 Å². The van der Waals surface area contributed by atoms with Gasteiger partial charge in [0.1, 0.15) is 24.8 Å². The number of ether oxygens (including phenoxy) is 5. The molecule has 0 N–H and O–H groups in total. The second kappa shape index (κ2) is 68.9. The van der Waals surface area contributed by atoms with Crippen LogP contribution in [0.4, 0.5) is 0 Å². The van der Waals surface area contributed by atoms with Crippen LogP contribution in [0.25, 0.3) is 0 Å². The molecule has 2 aromatic rings. The minimum atomic E-state index is 0.0361. The van der Waals surface area contributed by atoms with Gasteiger partial charge in [0.2, 0.25) is 0 Å². The first kappa shape index (κ1) is 101. The van der Waals surface area contributed by atoms with Crippen LogP contribution in [0.3, 0.4) is 0 Å². The molecule has 2 aromatic heterocycles. The summed E-state index contributed by atoms with van der Waals surface area (Å²) in [5.74, 6) is 9.31. The third kappa shape index (κ3) is 83.2. The lowest BCUT2D eigenvalue weighted by Gasteiger charge is -2.07. The number of hydrogen-bond donors (Lipinski definition) is 0. The number of ketones is 4. The predicted octanol–water partition coefficient (Wildman–Crippen LogP) is 20.7. The van der Waals surface area contributed by atoms with Gasteiger partial charge in [0, 0.05) is 88.5 Å². The van der Waals surface area contributed by atoms with Crippen molar-refractivity contribution in [2.45, 2.75) is 329 Å². The predicted molar refractivity (Wildman–Crippen MR) is 408 cm³/mol. The lowest BCUT2D eigenvalue weighted by atomic mass is 10.0. The van der Waals surface area contributed by atoms with E-state index >= 15 is 0 Å². The molecule has 0 amide bonds. The fourth-order valence-corrected chi connectivity index (χ4v) is 7.77. The van der Waals surface area contributed by atoms with Crippen molar-refractivity contribution in [3.8, 4) is 0 Å². The molecule has 0 radical (unpaired) electrons. The van der Waals surface area contributed by atoms with E-state index in [0.717, 1.165) is 170 Å². The highest BCUT2D eigenvalue weighted by molar-refractivity contribution is 5.82. The largest absolute Gasteiger partial charge is 0.381 e. The lowest BCUT2D eigenvalue weighted by Crippen LogP contribution is -2.17. The monoisotopic (exact) mass is 1360 g/mol. The number of nitrogens with zero attached hydrogens (tertiary/aromatic N) is 6. The average molecular weight is 1360 g/mol. The van der Waals surface area contributed by atoms with Crippen LogP contribution in [-0.4, -0.2) is 119 Å². The number of rotatable bonds is 49. The Hall–Kier alpha value is -3.24. The zero-order chi connectivity index (χ0) is 74.4. The molecular weight excluding hydrogens is 1200 g/mol. The summed E-state index contributed by atoms with van der Waals surface area (Å²) in [6, 6.07) is 0. The van der Waals surface area contributed by atoms with E-state index in [2.05, 4.69) is 159 Å². The molecule has 0 fully saturated rings. The Bertz CT molecular complexity index is 1990. The molecule has 0 saturated carbocycles. The molecule has 0 aliphatic carbocycles. The van der Waals surface area contributed by atoms with Crippen LogP contribution in [0.1, 0.15) is 314 Å². The maximum Gasteiger partial charge on any atom is 0.160 e. The Morgan fingerprint density at radius 2 is 0.562 bits per heavy atom. The molecule has 0 bridgehead atoms. The van der Waals surface area contributed by atoms with Gasteiger partial charge < -0.3 is 23.7 Å². The van der Waals surface area contributed by atoms with Crippen molar-refractivity contribution in [2.75, 3.05) is 66.1 Å². The lowest BCUT2D eigenvalue weighted by molar-refractivity contribution is -0.127. The second-order valence-electron chi connectivity index (χ2n) is 32.0. The van der Waals surface area contributed by atoms with Crippen LogP contribution < -0.4 is 0 Å². The van der Waals surface area contributed by atoms with Crippen molar-refractivity contribution < 1.29 is 42.9 Å². The van der Waals surface area contributed by atoms with Gasteiger partial charge in [-0.3, -0.25) is 19.2 Å². The van der Waals surface area contributed by atoms with Crippen molar-refractivity contribution >= 4 is 23.1 Å². The van der Waals surface area contributed by atoms with Crippen LogP contribution in [0.5, 0.6) is 0 Å². The summed E-state index contributed by atoms with van der Waals surface area (Å²) < 4.78 is 30.7. The highest BCUT2D eigenvalue weighted by Crippen LogP contribution is 2.13. The number of carbonyl (C=O) groups is 4. The number of unbranched alkanes of at least 4 members (excludes halogenated alkanes) is 2. The average Bonchev–Trinajstić information content (AvgIpc) is 2.31. The molecule has 0 unspecified atom stereocenters. The fraction of sp³-hybridized carbons (Fsp3) is 0.901. The zero-order valence-electron chi connectivity index (χ0n) is 68.5. The molecule has 0 spiro atoms. The van der Waals surface area contributed by atoms with Crippen molar-refractivity contribution in [1.29, 1.82) is 0 Å². The van der Waals surface area contributed by atoms with Gasteiger partial charge in [0.15, 0.2) is 11.6 Å². The standard InChI is InChI=1S/C14H25N3O2.C14H27N3O.C13H26O2.C11H22O2.C11H22O.C10H22O.C8H18/c1-11(2)5-6-13-9-17(16-15-13)7-8-19-10-14(18)12(3)4;1-12(2)5-6-14-11-17(16-15-14)8-10-18-9-7-13(3)4;1-11(2)8-10-15-9-6-5-7-13(14)12(3)4;1-9(2)6-5-7-13-8-11(12)10(3)4;1-9(2)7-5-6-8-11(12)10(3)4;1-9(2)5-7-11-8-6-10(3)4;1-7(2)5-6-8(3)4/h9,11-12H,5-8,10H2,1-4H3;11-13H,5-10H2,1-4H3;11-12H,5-10H2,1-4H3;9-10H,5-8H2,1-4H3;9-10H,5-8H2,1-4H3;9-10H,5-8H2,1-4H3;7-8H,5-6H2,1-4H3. The van der Waals surface area contributed by atoms with E-state index in [1.165, 1.54) is 51.4 Å². The minimum absolute atomic E-state index is 0.0361. The summed E-state index contributed by atoms with van der Waals surface area (Å²) in [6.07, 6.45) is 24.9. The third-order valence-electron chi connectivity index (χ3n) is 15.3. The number of aromatic nitrogens is 6. The van der Waals surface area contributed by atoms with E-state index in [1.54, 1.807) is 4.68 Å². The van der Waals surface area contributed by atoms with Crippen molar-refractivity contribution in [3.05, 3.63) is 23.8 Å². The molecule has 0 aromatic carbocycles. The van der Waals surface area contributed by atoms with E-state index < -0.39 is 0 Å². The maximum atomic E-state index is 11.3. The fourth-order valence-electron chi connectivity index (χ4n) is 7.77. The Balaban J connectivity index is -0.000000341. The van der Waals surface area contributed by atoms with Gasteiger partial charge in [0.05, 0.1) is 37.7 Å². The van der Waals surface area contributed by atoms with Crippen LogP contribution in [0.2, 0.25) is 0 Å². The topological polar surface area (TPSA) is 176 Å². The molecule has 2 heterocycles. The normalized spacial score (nSPS) is 11.4. The molecule has 15 nitrogen and oxygen atoms in total. The Kier molecular flexibility index (Phi) is 72.8. The Morgan fingerprint density at radius 1 is 0.292 bits per heavy atom. The van der Waals surface area contributed by atoms with Gasteiger partial charge in [0.25, 0.3) is 0 Å². The van der Waals surface area contributed by atoms with E-state index in [9.17, 15) is 19.2 Å². The van der Waals surface area contributed by atoms with Gasteiger partial charge in [-0.15, -0.1) is 10.2 Å². The molecule has 96 heavy (non-hydrogen) atoms. The van der Waals surface area contributed by atoms with Gasteiger partial charge in [-0.1, -0.05) is 230 Å². The summed E-state index contributed by atoms with van der Waals surface area (Å²) in [5, 5.41) is 16.5. The minimum Gasteiger partial charge on any atom is -0.381 e. The Morgan fingerprint density at radius 3 is 0.885 bits per heavy atom. The summed E-state index contributed by atoms with van der Waals surface area (Å²) in [6.45, 7) is 68.2. The molecule has 0 aliphatic rings. The van der Waals surface area contributed by atoms with Crippen molar-refractivity contribution in [3.63, 3.8) is 0 Å². The number of carbonyl (C=O) groups excluding carboxylic acids is 4. The first-order chi connectivity index (χ1) is 44.9. The molecule has 2 rings (SSSR count). The zero-order valence-corrected chi connectivity index (χ0v) is 68.5. The van der Waals surface area contributed by atoms with E-state index in [4.69, 9.17) is 23.7 Å². The molecule has 0 aliphatic heterocycles. The molecule has 0 atom stereocenters. The second-order valence-corrected chi connectivity index (χ2v) is 32.0. The third-order valence-corrected chi connectivity index (χ3v) is 15.3. The SMILES string of the molecule is CC(C)CCC(C)C.CC(C)CCCCC(=O)C(C)C.CC(C)CCCOCC(=O)C(C)C.CC(C)CCOCCC(C)C.CC(C)CCOCCCCC(=O)C(C)C.CC(C)CCOCCn1cc(CCC(C)C)nn1.CC(C)CCc1cn(CCOCC(=O)C(C)C)nn1. The van der Waals surface area contributed by atoms with E-state index in [1.807, 2.05) is 72.5 Å². The van der Waals surface area contributed by atoms with Crippen molar-refractivity contribution in [1.82, 2.24) is 30.0 Å². The number of Topliss-reactive ketones (excluding diaryl/α,β-unsaturated/α-hetero) is 4. The molecule has 570 valence electrons. The van der Waals surface area contributed by atoms with E-state index in [-0.39, 0.29) is 48.5 Å². The molecular formula is C81H162N6O9. The smallest absolute Gasteiger partial charge is 0.160 e. The summed E-state index contributed by atoms with van der Waals surface area (Å²) in [5.41, 5.74) is 2.11.